The van der Waals surface area contributed by atoms with Gasteiger partial charge in [-0.15, -0.1) is 0 Å². The first-order chi connectivity index (χ1) is 22.8. The second-order valence-corrected chi connectivity index (χ2v) is 13.1. The van der Waals surface area contributed by atoms with Gasteiger partial charge in [-0.1, -0.05) is 158 Å². The van der Waals surface area contributed by atoms with E-state index in [4.69, 9.17) is 15.0 Å². The van der Waals surface area contributed by atoms with Gasteiger partial charge in [0.2, 0.25) is 0 Å². The summed E-state index contributed by atoms with van der Waals surface area (Å²) in [6.45, 7) is 8.94. The van der Waals surface area contributed by atoms with Gasteiger partial charge < -0.3 is 0 Å². The standard InChI is InChI=1S/C44H35N3/c1-28-10-13-33(14-11-28)41-45-42(34-19-15-31(16-20-34)30-8-6-5-7-9-30)47-43(46-41)35-21-17-32(18-22-35)36-23-25-38-37-24-12-29(2)26-39(37)44(3,4)40(38)27-36/h5-27H,1-4H3. The molecule has 8 rings (SSSR count). The molecule has 0 spiro atoms. The van der Waals surface area contributed by atoms with E-state index in [-0.39, 0.29) is 5.41 Å². The molecule has 3 nitrogen and oxygen atoms in total. The van der Waals surface area contributed by atoms with Crippen molar-refractivity contribution in [3.8, 4) is 67.5 Å². The van der Waals surface area contributed by atoms with Crippen LogP contribution in [0.2, 0.25) is 0 Å². The summed E-state index contributed by atoms with van der Waals surface area (Å²) in [5.41, 5.74) is 15.5. The van der Waals surface area contributed by atoms with Crippen molar-refractivity contribution < 1.29 is 0 Å². The fourth-order valence-electron chi connectivity index (χ4n) is 6.75. The van der Waals surface area contributed by atoms with Crippen molar-refractivity contribution in [2.24, 2.45) is 0 Å². The average Bonchev–Trinajstić information content (AvgIpc) is 3.33. The maximum atomic E-state index is 5.00. The number of rotatable bonds is 5. The summed E-state index contributed by atoms with van der Waals surface area (Å²) in [6.07, 6.45) is 0. The third-order valence-electron chi connectivity index (χ3n) is 9.50. The molecule has 3 heteroatoms. The van der Waals surface area contributed by atoms with E-state index in [1.807, 2.05) is 6.07 Å². The summed E-state index contributed by atoms with van der Waals surface area (Å²) < 4.78 is 0. The Kier molecular flexibility index (Phi) is 6.91. The molecule has 0 saturated heterocycles. The van der Waals surface area contributed by atoms with Crippen LogP contribution in [0.25, 0.3) is 67.5 Å². The molecule has 1 heterocycles. The van der Waals surface area contributed by atoms with Gasteiger partial charge in [0.25, 0.3) is 0 Å². The van der Waals surface area contributed by atoms with E-state index < -0.39 is 0 Å². The number of aryl methyl sites for hydroxylation is 2. The highest BCUT2D eigenvalue weighted by Crippen LogP contribution is 2.49. The molecule has 0 unspecified atom stereocenters. The number of benzene rings is 6. The van der Waals surface area contributed by atoms with Crippen LogP contribution in [0.4, 0.5) is 0 Å². The minimum Gasteiger partial charge on any atom is -0.208 e. The van der Waals surface area contributed by atoms with Crippen LogP contribution in [-0.2, 0) is 5.41 Å². The molecule has 0 atom stereocenters. The number of hydrogen-bond acceptors (Lipinski definition) is 3. The van der Waals surface area contributed by atoms with Gasteiger partial charge in [0, 0.05) is 22.1 Å². The Morgan fingerprint density at radius 2 is 0.745 bits per heavy atom. The average molecular weight is 606 g/mol. The Labute approximate surface area is 276 Å². The highest BCUT2D eigenvalue weighted by atomic mass is 15.0. The number of fused-ring (bicyclic) bond motifs is 3. The Hall–Kier alpha value is -5.67. The minimum absolute atomic E-state index is 0.0421. The van der Waals surface area contributed by atoms with E-state index in [1.165, 1.54) is 50.1 Å². The molecular formula is C44H35N3. The molecule has 0 N–H and O–H groups in total. The Morgan fingerprint density at radius 1 is 0.362 bits per heavy atom. The van der Waals surface area contributed by atoms with Crippen molar-refractivity contribution in [1.29, 1.82) is 0 Å². The van der Waals surface area contributed by atoms with Crippen molar-refractivity contribution in [3.05, 3.63) is 162 Å². The van der Waals surface area contributed by atoms with Crippen molar-refractivity contribution >= 4 is 0 Å². The third kappa shape index (κ3) is 5.24. The largest absolute Gasteiger partial charge is 0.208 e. The highest BCUT2D eigenvalue weighted by Gasteiger charge is 2.35. The fourth-order valence-corrected chi connectivity index (χ4v) is 6.75. The molecule has 6 aromatic carbocycles. The molecule has 47 heavy (non-hydrogen) atoms. The normalized spacial score (nSPS) is 12.9. The third-order valence-corrected chi connectivity index (χ3v) is 9.50. The summed E-state index contributed by atoms with van der Waals surface area (Å²) in [5.74, 6) is 1.98. The molecular weight excluding hydrogens is 571 g/mol. The van der Waals surface area contributed by atoms with Crippen LogP contribution in [0.15, 0.2) is 140 Å². The van der Waals surface area contributed by atoms with Crippen LogP contribution in [0.5, 0.6) is 0 Å². The second kappa shape index (κ2) is 11.3. The first-order valence-electron chi connectivity index (χ1n) is 16.2. The minimum atomic E-state index is -0.0421. The van der Waals surface area contributed by atoms with Gasteiger partial charge in [-0.2, -0.15) is 0 Å². The topological polar surface area (TPSA) is 38.7 Å². The molecule has 0 bridgehead atoms. The fraction of sp³-hybridized carbons (Fsp3) is 0.114. The van der Waals surface area contributed by atoms with E-state index in [2.05, 4.69) is 161 Å². The van der Waals surface area contributed by atoms with Crippen LogP contribution in [0, 0.1) is 13.8 Å². The Bertz CT molecular complexity index is 2250. The molecule has 226 valence electrons. The van der Waals surface area contributed by atoms with Gasteiger partial charge in [-0.3, -0.25) is 0 Å². The lowest BCUT2D eigenvalue weighted by atomic mass is 9.81. The zero-order valence-electron chi connectivity index (χ0n) is 27.1. The Balaban J connectivity index is 1.16. The first kappa shape index (κ1) is 28.8. The van der Waals surface area contributed by atoms with E-state index in [1.54, 1.807) is 0 Å². The maximum Gasteiger partial charge on any atom is 0.164 e. The zero-order chi connectivity index (χ0) is 32.1. The summed E-state index contributed by atoms with van der Waals surface area (Å²) in [4.78, 5) is 14.9. The lowest BCUT2D eigenvalue weighted by Gasteiger charge is -2.22. The van der Waals surface area contributed by atoms with Crippen LogP contribution >= 0.6 is 0 Å². The monoisotopic (exact) mass is 605 g/mol. The van der Waals surface area contributed by atoms with E-state index >= 15 is 0 Å². The van der Waals surface area contributed by atoms with Crippen molar-refractivity contribution in [3.63, 3.8) is 0 Å². The predicted octanol–water partition coefficient (Wildman–Crippen LogP) is 11.1. The molecule has 1 aliphatic rings. The van der Waals surface area contributed by atoms with Gasteiger partial charge in [-0.05, 0) is 64.4 Å². The van der Waals surface area contributed by atoms with Gasteiger partial charge >= 0.3 is 0 Å². The van der Waals surface area contributed by atoms with Crippen LogP contribution in [0.1, 0.15) is 36.1 Å². The highest BCUT2D eigenvalue weighted by molar-refractivity contribution is 5.84. The van der Waals surface area contributed by atoms with E-state index in [9.17, 15) is 0 Å². The van der Waals surface area contributed by atoms with Crippen LogP contribution in [-0.4, -0.2) is 15.0 Å². The second-order valence-electron chi connectivity index (χ2n) is 13.1. The van der Waals surface area contributed by atoms with Gasteiger partial charge in [0.15, 0.2) is 17.5 Å². The molecule has 0 radical (unpaired) electrons. The molecule has 1 aliphatic carbocycles. The maximum absolute atomic E-state index is 5.00. The quantitative estimate of drug-likeness (QED) is 0.196. The number of nitrogens with zero attached hydrogens (tertiary/aromatic N) is 3. The molecule has 0 fully saturated rings. The number of aromatic nitrogens is 3. The van der Waals surface area contributed by atoms with Crippen LogP contribution < -0.4 is 0 Å². The van der Waals surface area contributed by atoms with Gasteiger partial charge in [-0.25, -0.2) is 15.0 Å². The van der Waals surface area contributed by atoms with Gasteiger partial charge in [0.05, 0.1) is 0 Å². The van der Waals surface area contributed by atoms with E-state index in [0.29, 0.717) is 17.5 Å². The van der Waals surface area contributed by atoms with Crippen LogP contribution in [0.3, 0.4) is 0 Å². The molecule has 0 amide bonds. The zero-order valence-corrected chi connectivity index (χ0v) is 27.1. The molecule has 1 aromatic heterocycles. The lowest BCUT2D eigenvalue weighted by molar-refractivity contribution is 0.660. The predicted molar refractivity (Wildman–Crippen MR) is 194 cm³/mol. The SMILES string of the molecule is Cc1ccc(-c2nc(-c3ccc(-c4ccccc4)cc3)nc(-c3ccc(-c4ccc5c(c4)C(C)(C)c4cc(C)ccc4-5)cc3)n2)cc1. The van der Waals surface area contributed by atoms with Crippen molar-refractivity contribution in [2.45, 2.75) is 33.1 Å². The van der Waals surface area contributed by atoms with Gasteiger partial charge in [0.1, 0.15) is 0 Å². The Morgan fingerprint density at radius 3 is 1.30 bits per heavy atom. The smallest absolute Gasteiger partial charge is 0.164 e. The molecule has 7 aromatic rings. The summed E-state index contributed by atoms with van der Waals surface area (Å²) in [7, 11) is 0. The summed E-state index contributed by atoms with van der Waals surface area (Å²) in [6, 6.07) is 49.6. The van der Waals surface area contributed by atoms with Crippen molar-refractivity contribution in [2.75, 3.05) is 0 Å². The van der Waals surface area contributed by atoms with E-state index in [0.717, 1.165) is 22.3 Å². The molecule has 0 saturated carbocycles. The summed E-state index contributed by atoms with van der Waals surface area (Å²) in [5, 5.41) is 0. The lowest BCUT2D eigenvalue weighted by Crippen LogP contribution is -2.15. The molecule has 0 aliphatic heterocycles. The van der Waals surface area contributed by atoms with Crippen molar-refractivity contribution in [1.82, 2.24) is 15.0 Å². The summed E-state index contributed by atoms with van der Waals surface area (Å²) >= 11 is 0. The first-order valence-corrected chi connectivity index (χ1v) is 16.2. The number of hydrogen-bond donors (Lipinski definition) is 0.